The average Bonchev–Trinajstić information content (AvgIpc) is 3.18. The summed E-state index contributed by atoms with van der Waals surface area (Å²) in [5, 5.41) is 3.31. The second-order valence-corrected chi connectivity index (χ2v) is 5.51. The smallest absolute Gasteiger partial charge is 0.257 e. The normalized spacial score (nSPS) is 20.1. The van der Waals surface area contributed by atoms with Crippen molar-refractivity contribution < 1.29 is 13.6 Å². The maximum atomic E-state index is 13.5. The van der Waals surface area contributed by atoms with Crippen LogP contribution in [0, 0.1) is 11.6 Å². The molecule has 3 rings (SSSR count). The number of rotatable bonds is 3. The molecule has 1 fully saturated rings. The van der Waals surface area contributed by atoms with E-state index in [0.717, 1.165) is 24.1 Å². The van der Waals surface area contributed by atoms with Crippen molar-refractivity contribution in [3.05, 3.63) is 70.2 Å². The van der Waals surface area contributed by atoms with Crippen LogP contribution in [0.4, 0.5) is 8.78 Å². The van der Waals surface area contributed by atoms with Gasteiger partial charge in [0, 0.05) is 17.0 Å². The third-order valence-corrected chi connectivity index (χ3v) is 3.85. The quantitative estimate of drug-likeness (QED) is 0.915. The standard InChI is InChI=1S/C16H12ClF2NO/c17-10-6-4-9(5-7-10)11-8-14(11)20-16(21)15-12(18)2-1-3-13(15)19/h1-7,11,14H,8H2,(H,20,21)/t11?,14-/m1/s1. The molecule has 1 unspecified atom stereocenters. The number of nitrogens with one attached hydrogen (secondary N) is 1. The number of carbonyl (C=O) groups excluding carboxylic acids is 1. The molecular weight excluding hydrogens is 296 g/mol. The Morgan fingerprint density at radius 1 is 1.10 bits per heavy atom. The minimum Gasteiger partial charge on any atom is -0.348 e. The van der Waals surface area contributed by atoms with Gasteiger partial charge in [0.15, 0.2) is 0 Å². The van der Waals surface area contributed by atoms with Crippen LogP contribution >= 0.6 is 11.6 Å². The van der Waals surface area contributed by atoms with Gasteiger partial charge in [0.1, 0.15) is 17.2 Å². The van der Waals surface area contributed by atoms with Crippen molar-refractivity contribution in [3.63, 3.8) is 0 Å². The fourth-order valence-corrected chi connectivity index (χ4v) is 2.51. The van der Waals surface area contributed by atoms with Crippen molar-refractivity contribution in [2.45, 2.75) is 18.4 Å². The van der Waals surface area contributed by atoms with Gasteiger partial charge >= 0.3 is 0 Å². The van der Waals surface area contributed by atoms with Gasteiger partial charge in [0.25, 0.3) is 5.91 Å². The van der Waals surface area contributed by atoms with Gasteiger partial charge in [-0.3, -0.25) is 4.79 Å². The SMILES string of the molecule is O=C(N[C@@H]1CC1c1ccc(Cl)cc1)c1c(F)cccc1F. The number of hydrogen-bond donors (Lipinski definition) is 1. The molecule has 0 bridgehead atoms. The molecule has 1 saturated carbocycles. The second-order valence-electron chi connectivity index (χ2n) is 5.07. The fourth-order valence-electron chi connectivity index (χ4n) is 2.39. The van der Waals surface area contributed by atoms with Gasteiger partial charge in [-0.2, -0.15) is 0 Å². The summed E-state index contributed by atoms with van der Waals surface area (Å²) in [6.07, 6.45) is 0.753. The van der Waals surface area contributed by atoms with E-state index in [1.54, 1.807) is 12.1 Å². The Morgan fingerprint density at radius 2 is 1.71 bits per heavy atom. The zero-order valence-corrected chi connectivity index (χ0v) is 11.7. The van der Waals surface area contributed by atoms with Crippen LogP contribution in [-0.4, -0.2) is 11.9 Å². The van der Waals surface area contributed by atoms with Crippen LogP contribution in [0.15, 0.2) is 42.5 Å². The molecule has 1 N–H and O–H groups in total. The molecule has 108 valence electrons. The van der Waals surface area contributed by atoms with Crippen molar-refractivity contribution >= 4 is 17.5 Å². The molecule has 2 nitrogen and oxygen atoms in total. The van der Waals surface area contributed by atoms with Crippen LogP contribution in [0.5, 0.6) is 0 Å². The molecule has 0 radical (unpaired) electrons. The molecule has 2 aromatic carbocycles. The zero-order chi connectivity index (χ0) is 15.0. The Hall–Kier alpha value is -1.94. The first-order valence-electron chi connectivity index (χ1n) is 6.56. The average molecular weight is 308 g/mol. The van der Waals surface area contributed by atoms with Crippen molar-refractivity contribution in [1.82, 2.24) is 5.32 Å². The van der Waals surface area contributed by atoms with E-state index >= 15 is 0 Å². The highest BCUT2D eigenvalue weighted by Gasteiger charge is 2.40. The summed E-state index contributed by atoms with van der Waals surface area (Å²) >= 11 is 5.82. The monoisotopic (exact) mass is 307 g/mol. The van der Waals surface area contributed by atoms with Crippen LogP contribution in [0.1, 0.15) is 28.3 Å². The largest absolute Gasteiger partial charge is 0.348 e. The summed E-state index contributed by atoms with van der Waals surface area (Å²) in [4.78, 5) is 12.0. The summed E-state index contributed by atoms with van der Waals surface area (Å²) < 4.78 is 27.0. The third kappa shape index (κ3) is 2.90. The number of amides is 1. The molecule has 2 aromatic rings. The molecule has 0 aliphatic heterocycles. The molecule has 21 heavy (non-hydrogen) atoms. The Kier molecular flexibility index (Phi) is 3.64. The van der Waals surface area contributed by atoms with Crippen molar-refractivity contribution in [2.24, 2.45) is 0 Å². The maximum absolute atomic E-state index is 13.5. The summed E-state index contributed by atoms with van der Waals surface area (Å²) in [5.74, 6) is -2.25. The van der Waals surface area contributed by atoms with Crippen LogP contribution in [0.3, 0.4) is 0 Å². The highest BCUT2D eigenvalue weighted by Crippen LogP contribution is 2.41. The minimum absolute atomic E-state index is 0.0994. The van der Waals surface area contributed by atoms with E-state index in [2.05, 4.69) is 5.32 Å². The summed E-state index contributed by atoms with van der Waals surface area (Å²) in [5.41, 5.74) is 0.526. The van der Waals surface area contributed by atoms with E-state index in [0.29, 0.717) is 5.02 Å². The molecule has 0 heterocycles. The molecule has 2 atom stereocenters. The predicted molar refractivity (Wildman–Crippen MR) is 76.4 cm³/mol. The number of carbonyl (C=O) groups is 1. The first kappa shape index (κ1) is 14.0. The number of benzene rings is 2. The van der Waals surface area contributed by atoms with Crippen molar-refractivity contribution in [3.8, 4) is 0 Å². The first-order chi connectivity index (χ1) is 10.1. The van der Waals surface area contributed by atoms with Crippen LogP contribution < -0.4 is 5.32 Å². The van der Waals surface area contributed by atoms with Crippen molar-refractivity contribution in [2.75, 3.05) is 0 Å². The van der Waals surface area contributed by atoms with Crippen molar-refractivity contribution in [1.29, 1.82) is 0 Å². The number of halogens is 3. The van der Waals surface area contributed by atoms with Gasteiger partial charge in [-0.05, 0) is 36.2 Å². The highest BCUT2D eigenvalue weighted by atomic mass is 35.5. The molecule has 1 aliphatic carbocycles. The van der Waals surface area contributed by atoms with E-state index in [-0.39, 0.29) is 12.0 Å². The van der Waals surface area contributed by atoms with E-state index < -0.39 is 23.1 Å². The van der Waals surface area contributed by atoms with Gasteiger partial charge in [-0.25, -0.2) is 8.78 Å². The lowest BCUT2D eigenvalue weighted by Crippen LogP contribution is -2.28. The van der Waals surface area contributed by atoms with Crippen LogP contribution in [-0.2, 0) is 0 Å². The summed E-state index contributed by atoms with van der Waals surface area (Å²) in [6, 6.07) is 10.6. The molecule has 5 heteroatoms. The molecular formula is C16H12ClF2NO. The molecule has 0 spiro atoms. The predicted octanol–water partition coefficient (Wildman–Crippen LogP) is 3.90. The van der Waals surface area contributed by atoms with Gasteiger partial charge in [-0.1, -0.05) is 29.8 Å². The Bertz CT molecular complexity index is 667. The topological polar surface area (TPSA) is 29.1 Å². The molecule has 1 amide bonds. The molecule has 1 aliphatic rings. The lowest BCUT2D eigenvalue weighted by atomic mass is 10.1. The lowest BCUT2D eigenvalue weighted by molar-refractivity contribution is 0.0942. The first-order valence-corrected chi connectivity index (χ1v) is 6.94. The summed E-state index contributed by atoms with van der Waals surface area (Å²) in [6.45, 7) is 0. The van der Waals surface area contributed by atoms with Gasteiger partial charge < -0.3 is 5.32 Å². The maximum Gasteiger partial charge on any atom is 0.257 e. The Morgan fingerprint density at radius 3 is 2.33 bits per heavy atom. The van der Waals surface area contributed by atoms with Crippen LogP contribution in [0.2, 0.25) is 5.02 Å². The van der Waals surface area contributed by atoms with E-state index in [1.807, 2.05) is 12.1 Å². The highest BCUT2D eigenvalue weighted by molar-refractivity contribution is 6.30. The Balaban J connectivity index is 1.69. The minimum atomic E-state index is -0.851. The zero-order valence-electron chi connectivity index (χ0n) is 10.9. The summed E-state index contributed by atoms with van der Waals surface area (Å²) in [7, 11) is 0. The van der Waals surface area contributed by atoms with E-state index in [1.165, 1.54) is 6.07 Å². The third-order valence-electron chi connectivity index (χ3n) is 3.59. The molecule has 0 aromatic heterocycles. The van der Waals surface area contributed by atoms with Gasteiger partial charge in [0.05, 0.1) is 0 Å². The van der Waals surface area contributed by atoms with Gasteiger partial charge in [-0.15, -0.1) is 0 Å². The van der Waals surface area contributed by atoms with E-state index in [4.69, 9.17) is 11.6 Å². The van der Waals surface area contributed by atoms with Gasteiger partial charge in [0.2, 0.25) is 0 Å². The fraction of sp³-hybridized carbons (Fsp3) is 0.188. The number of hydrogen-bond acceptors (Lipinski definition) is 1. The Labute approximate surface area is 125 Å². The van der Waals surface area contributed by atoms with E-state index in [9.17, 15) is 13.6 Å². The molecule has 0 saturated heterocycles. The van der Waals surface area contributed by atoms with Crippen LogP contribution in [0.25, 0.3) is 0 Å². The second kappa shape index (κ2) is 5.45. The lowest BCUT2D eigenvalue weighted by Gasteiger charge is -2.07.